The van der Waals surface area contributed by atoms with Gasteiger partial charge in [-0.05, 0) is 78.2 Å². The Bertz CT molecular complexity index is 1360. The summed E-state index contributed by atoms with van der Waals surface area (Å²) in [5.41, 5.74) is 5.28. The fourth-order valence-electron chi connectivity index (χ4n) is 3.47. The molecule has 7 nitrogen and oxygen atoms in total. The van der Waals surface area contributed by atoms with E-state index in [1.54, 1.807) is 36.4 Å². The first-order valence-corrected chi connectivity index (χ1v) is 12.8. The highest BCUT2D eigenvalue weighted by molar-refractivity contribution is 6.30. The van der Waals surface area contributed by atoms with Crippen molar-refractivity contribution in [1.29, 1.82) is 0 Å². The summed E-state index contributed by atoms with van der Waals surface area (Å²) >= 11 is 5.94. The molecule has 0 atom stereocenters. The van der Waals surface area contributed by atoms with Crippen LogP contribution in [0.2, 0.25) is 5.02 Å². The number of carbonyl (C=O) groups excluding carboxylic acids is 1. The third-order valence-electron chi connectivity index (χ3n) is 5.42. The zero-order chi connectivity index (χ0) is 27.3. The van der Waals surface area contributed by atoms with Gasteiger partial charge in [0.1, 0.15) is 24.7 Å². The van der Waals surface area contributed by atoms with E-state index in [1.165, 1.54) is 6.21 Å². The Morgan fingerprint density at radius 3 is 2.15 bits per heavy atom. The van der Waals surface area contributed by atoms with E-state index in [4.69, 9.17) is 30.5 Å². The lowest BCUT2D eigenvalue weighted by molar-refractivity contribution is -0.123. The first kappa shape index (κ1) is 27.5. The number of hydrazone groups is 1. The number of nitrogens with zero attached hydrogens (tertiary/aromatic N) is 1. The van der Waals surface area contributed by atoms with Gasteiger partial charge in [0.25, 0.3) is 5.91 Å². The van der Waals surface area contributed by atoms with Gasteiger partial charge in [-0.3, -0.25) is 4.79 Å². The van der Waals surface area contributed by atoms with Crippen LogP contribution in [0.3, 0.4) is 0 Å². The summed E-state index contributed by atoms with van der Waals surface area (Å²) in [6, 6.07) is 29.9. The minimum atomic E-state index is -0.386. The smallest absolute Gasteiger partial charge is 0.277 e. The molecule has 0 fully saturated rings. The molecular formula is C31H29ClN2O5. The van der Waals surface area contributed by atoms with Gasteiger partial charge in [0.2, 0.25) is 0 Å². The zero-order valence-corrected chi connectivity index (χ0v) is 22.3. The predicted molar refractivity (Wildman–Crippen MR) is 152 cm³/mol. The molecule has 0 aliphatic rings. The number of hydrogen-bond donors (Lipinski definition) is 1. The van der Waals surface area contributed by atoms with E-state index < -0.39 is 0 Å². The van der Waals surface area contributed by atoms with Crippen LogP contribution in [0.5, 0.6) is 23.0 Å². The van der Waals surface area contributed by atoms with Crippen molar-refractivity contribution in [2.24, 2.45) is 5.10 Å². The van der Waals surface area contributed by atoms with Crippen LogP contribution in [0.4, 0.5) is 0 Å². The van der Waals surface area contributed by atoms with Gasteiger partial charge in [0, 0.05) is 5.02 Å². The molecule has 0 heterocycles. The predicted octanol–water partition coefficient (Wildman–Crippen LogP) is 6.43. The van der Waals surface area contributed by atoms with Gasteiger partial charge < -0.3 is 18.9 Å². The lowest BCUT2D eigenvalue weighted by atomic mass is 10.2. The molecule has 0 unspecified atom stereocenters. The molecule has 0 spiro atoms. The SMILES string of the molecule is CCOc1cc(/C=N/NC(=O)COc2ccc(OCc3ccccc3)cc2)ccc1OCc1ccc(Cl)cc1. The summed E-state index contributed by atoms with van der Waals surface area (Å²) in [5, 5.41) is 4.70. The van der Waals surface area contributed by atoms with Crippen molar-refractivity contribution in [2.45, 2.75) is 20.1 Å². The highest BCUT2D eigenvalue weighted by atomic mass is 35.5. The molecule has 4 aromatic rings. The van der Waals surface area contributed by atoms with Crippen LogP contribution in [0.1, 0.15) is 23.6 Å². The molecule has 0 aliphatic carbocycles. The average Bonchev–Trinajstić information content (AvgIpc) is 2.97. The first-order chi connectivity index (χ1) is 19.1. The van der Waals surface area contributed by atoms with Gasteiger partial charge in [0.05, 0.1) is 12.8 Å². The summed E-state index contributed by atoms with van der Waals surface area (Å²) in [4.78, 5) is 12.2. The molecule has 0 aromatic heterocycles. The van der Waals surface area contributed by atoms with Crippen LogP contribution in [-0.4, -0.2) is 25.3 Å². The van der Waals surface area contributed by atoms with Crippen LogP contribution in [0.25, 0.3) is 0 Å². The van der Waals surface area contributed by atoms with E-state index >= 15 is 0 Å². The van der Waals surface area contributed by atoms with E-state index in [-0.39, 0.29) is 12.5 Å². The number of halogens is 1. The van der Waals surface area contributed by atoms with Gasteiger partial charge in [-0.1, -0.05) is 54.1 Å². The van der Waals surface area contributed by atoms with Crippen molar-refractivity contribution < 1.29 is 23.7 Å². The topological polar surface area (TPSA) is 78.4 Å². The second-order valence-electron chi connectivity index (χ2n) is 8.38. The number of ether oxygens (including phenoxy) is 4. The lowest BCUT2D eigenvalue weighted by Crippen LogP contribution is -2.24. The van der Waals surface area contributed by atoms with Crippen molar-refractivity contribution in [3.05, 3.63) is 119 Å². The minimum Gasteiger partial charge on any atom is -0.490 e. The van der Waals surface area contributed by atoms with Crippen LogP contribution in [0, 0.1) is 0 Å². The van der Waals surface area contributed by atoms with Crippen LogP contribution in [0.15, 0.2) is 102 Å². The Kier molecular flexibility index (Phi) is 10.2. The number of amides is 1. The Hall–Kier alpha value is -4.49. The van der Waals surface area contributed by atoms with E-state index in [0.717, 1.165) is 16.7 Å². The zero-order valence-electron chi connectivity index (χ0n) is 21.5. The Morgan fingerprint density at radius 2 is 1.44 bits per heavy atom. The number of hydrogen-bond acceptors (Lipinski definition) is 6. The Labute approximate surface area is 232 Å². The summed E-state index contributed by atoms with van der Waals surface area (Å²) in [6.07, 6.45) is 1.53. The third kappa shape index (κ3) is 9.09. The van der Waals surface area contributed by atoms with Crippen molar-refractivity contribution in [2.75, 3.05) is 13.2 Å². The largest absolute Gasteiger partial charge is 0.490 e. The van der Waals surface area contributed by atoms with Gasteiger partial charge in [0.15, 0.2) is 18.1 Å². The summed E-state index contributed by atoms with van der Waals surface area (Å²) < 4.78 is 22.9. The maximum Gasteiger partial charge on any atom is 0.277 e. The molecule has 0 saturated heterocycles. The van der Waals surface area contributed by atoms with Crippen LogP contribution < -0.4 is 24.4 Å². The number of nitrogens with one attached hydrogen (secondary N) is 1. The van der Waals surface area contributed by atoms with Crippen molar-refractivity contribution in [3.63, 3.8) is 0 Å². The average molecular weight is 545 g/mol. The Balaban J connectivity index is 1.23. The minimum absolute atomic E-state index is 0.177. The van der Waals surface area contributed by atoms with Crippen molar-refractivity contribution in [3.8, 4) is 23.0 Å². The molecule has 0 bridgehead atoms. The van der Waals surface area contributed by atoms with Crippen molar-refractivity contribution >= 4 is 23.7 Å². The Morgan fingerprint density at radius 1 is 0.769 bits per heavy atom. The lowest BCUT2D eigenvalue weighted by Gasteiger charge is -2.12. The second-order valence-corrected chi connectivity index (χ2v) is 8.82. The first-order valence-electron chi connectivity index (χ1n) is 12.4. The highest BCUT2D eigenvalue weighted by Crippen LogP contribution is 2.29. The molecular weight excluding hydrogens is 516 g/mol. The van der Waals surface area contributed by atoms with E-state index in [2.05, 4.69) is 10.5 Å². The molecule has 1 amide bonds. The van der Waals surface area contributed by atoms with Crippen LogP contribution in [-0.2, 0) is 18.0 Å². The number of benzene rings is 4. The molecule has 0 aliphatic heterocycles. The maximum absolute atomic E-state index is 12.2. The van der Waals surface area contributed by atoms with Gasteiger partial charge >= 0.3 is 0 Å². The quantitative estimate of drug-likeness (QED) is 0.155. The summed E-state index contributed by atoms with van der Waals surface area (Å²) in [7, 11) is 0. The summed E-state index contributed by atoms with van der Waals surface area (Å²) in [5.74, 6) is 2.08. The molecule has 200 valence electrons. The molecule has 0 saturated carbocycles. The van der Waals surface area contributed by atoms with Gasteiger partial charge in [-0.25, -0.2) is 5.43 Å². The fraction of sp³-hybridized carbons (Fsp3) is 0.161. The molecule has 4 rings (SSSR count). The molecule has 0 radical (unpaired) electrons. The molecule has 1 N–H and O–H groups in total. The monoisotopic (exact) mass is 544 g/mol. The van der Waals surface area contributed by atoms with Gasteiger partial charge in [-0.15, -0.1) is 0 Å². The second kappa shape index (κ2) is 14.4. The molecule has 4 aromatic carbocycles. The summed E-state index contributed by atoms with van der Waals surface area (Å²) in [6.45, 7) is 3.06. The van der Waals surface area contributed by atoms with Crippen LogP contribution >= 0.6 is 11.6 Å². The van der Waals surface area contributed by atoms with Crippen molar-refractivity contribution in [1.82, 2.24) is 5.43 Å². The molecule has 39 heavy (non-hydrogen) atoms. The van der Waals surface area contributed by atoms with E-state index in [1.807, 2.05) is 67.6 Å². The number of rotatable bonds is 13. The molecule has 8 heteroatoms. The standard InChI is InChI=1S/C31H29ClN2O5/c1-2-36-30-18-25(10-17-29(30)39-21-24-8-11-26(32)12-9-24)19-33-34-31(35)22-38-28-15-13-27(14-16-28)37-20-23-6-4-3-5-7-23/h3-19H,2,20-22H2,1H3,(H,34,35)/b33-19+. The third-order valence-corrected chi connectivity index (χ3v) is 5.67. The van der Waals surface area contributed by atoms with Gasteiger partial charge in [-0.2, -0.15) is 5.10 Å². The van der Waals surface area contributed by atoms with E-state index in [0.29, 0.717) is 47.8 Å². The highest BCUT2D eigenvalue weighted by Gasteiger charge is 2.07. The fourth-order valence-corrected chi connectivity index (χ4v) is 3.59. The van der Waals surface area contributed by atoms with E-state index in [9.17, 15) is 4.79 Å². The number of carbonyl (C=O) groups is 1. The normalized spacial score (nSPS) is 10.7. The maximum atomic E-state index is 12.2.